The molecule has 1 aromatic heterocycles. The lowest BCUT2D eigenvalue weighted by Gasteiger charge is -2.07. The molecule has 0 spiro atoms. The Morgan fingerprint density at radius 1 is 1.53 bits per heavy atom. The Bertz CT molecular complexity index is 563. The van der Waals surface area contributed by atoms with Crippen LogP contribution in [-0.2, 0) is 6.54 Å². The van der Waals surface area contributed by atoms with Gasteiger partial charge >= 0.3 is 0 Å². The minimum Gasteiger partial charge on any atom is -0.366 e. The maximum absolute atomic E-state index is 13.7. The Morgan fingerprint density at radius 2 is 2.29 bits per heavy atom. The third-order valence-electron chi connectivity index (χ3n) is 2.60. The van der Waals surface area contributed by atoms with Crippen LogP contribution < -0.4 is 5.73 Å². The van der Waals surface area contributed by atoms with Crippen LogP contribution in [-0.4, -0.2) is 15.5 Å². The van der Waals surface area contributed by atoms with Crippen molar-refractivity contribution >= 4 is 5.91 Å². The van der Waals surface area contributed by atoms with Crippen LogP contribution in [0.1, 0.15) is 21.7 Å². The van der Waals surface area contributed by atoms with Gasteiger partial charge in [0.25, 0.3) is 0 Å². The predicted octanol–water partition coefficient (Wildman–Crippen LogP) is 1.48. The third kappa shape index (κ3) is 2.33. The molecular formula is C12H12FN3O. The summed E-state index contributed by atoms with van der Waals surface area (Å²) in [5, 5.41) is 0. The van der Waals surface area contributed by atoms with E-state index in [1.807, 2.05) is 11.5 Å². The molecule has 0 saturated heterocycles. The van der Waals surface area contributed by atoms with Gasteiger partial charge < -0.3 is 10.3 Å². The maximum atomic E-state index is 13.7. The molecule has 0 aliphatic carbocycles. The van der Waals surface area contributed by atoms with Crippen molar-refractivity contribution in [1.82, 2.24) is 9.55 Å². The Balaban J connectivity index is 2.29. The summed E-state index contributed by atoms with van der Waals surface area (Å²) in [5.41, 5.74) is 5.74. The van der Waals surface area contributed by atoms with Gasteiger partial charge in [0.1, 0.15) is 11.6 Å². The van der Waals surface area contributed by atoms with E-state index < -0.39 is 11.7 Å². The number of nitrogens with zero attached hydrogens (tertiary/aromatic N) is 2. The molecular weight excluding hydrogens is 221 g/mol. The van der Waals surface area contributed by atoms with Crippen LogP contribution in [0.4, 0.5) is 4.39 Å². The molecule has 1 amide bonds. The summed E-state index contributed by atoms with van der Waals surface area (Å²) in [5.74, 6) is -0.257. The highest BCUT2D eigenvalue weighted by Crippen LogP contribution is 2.12. The van der Waals surface area contributed by atoms with Crippen molar-refractivity contribution in [3.8, 4) is 0 Å². The summed E-state index contributed by atoms with van der Waals surface area (Å²) in [6.45, 7) is 2.23. The molecule has 0 unspecified atom stereocenters. The van der Waals surface area contributed by atoms with Crippen LogP contribution in [0.25, 0.3) is 0 Å². The zero-order valence-electron chi connectivity index (χ0n) is 9.35. The number of rotatable bonds is 3. The third-order valence-corrected chi connectivity index (χ3v) is 2.60. The highest BCUT2D eigenvalue weighted by molar-refractivity contribution is 5.92. The van der Waals surface area contributed by atoms with Gasteiger partial charge in [0.05, 0.1) is 6.54 Å². The molecule has 1 heterocycles. The summed E-state index contributed by atoms with van der Waals surface area (Å²) in [4.78, 5) is 14.9. The predicted molar refractivity (Wildman–Crippen MR) is 61.0 cm³/mol. The molecule has 1 aromatic carbocycles. The maximum Gasteiger partial charge on any atom is 0.248 e. The second kappa shape index (κ2) is 4.37. The molecule has 2 rings (SSSR count). The number of hydrogen-bond donors (Lipinski definition) is 1. The van der Waals surface area contributed by atoms with E-state index >= 15 is 0 Å². The van der Waals surface area contributed by atoms with Crippen LogP contribution in [0, 0.1) is 12.7 Å². The first-order chi connectivity index (χ1) is 8.08. The normalized spacial score (nSPS) is 10.5. The van der Waals surface area contributed by atoms with Gasteiger partial charge in [-0.25, -0.2) is 9.37 Å². The molecule has 0 bridgehead atoms. The van der Waals surface area contributed by atoms with Crippen molar-refractivity contribution in [2.45, 2.75) is 13.5 Å². The van der Waals surface area contributed by atoms with Gasteiger partial charge in [0, 0.05) is 23.5 Å². The van der Waals surface area contributed by atoms with Crippen molar-refractivity contribution in [3.63, 3.8) is 0 Å². The number of primary amides is 1. The zero-order valence-corrected chi connectivity index (χ0v) is 9.35. The van der Waals surface area contributed by atoms with E-state index in [2.05, 4.69) is 4.98 Å². The number of amides is 1. The minimum atomic E-state index is -0.630. The van der Waals surface area contributed by atoms with E-state index in [1.54, 1.807) is 18.5 Å². The molecule has 0 atom stereocenters. The molecule has 17 heavy (non-hydrogen) atoms. The van der Waals surface area contributed by atoms with E-state index in [0.29, 0.717) is 12.1 Å². The quantitative estimate of drug-likeness (QED) is 0.872. The number of hydrogen-bond acceptors (Lipinski definition) is 2. The first kappa shape index (κ1) is 11.3. The first-order valence-electron chi connectivity index (χ1n) is 5.14. The van der Waals surface area contributed by atoms with Crippen molar-refractivity contribution in [2.24, 2.45) is 5.73 Å². The molecule has 0 saturated carbocycles. The number of halogens is 1. The molecule has 0 fully saturated rings. The molecule has 2 aromatic rings. The molecule has 0 radical (unpaired) electrons. The number of aryl methyl sites for hydroxylation is 1. The van der Waals surface area contributed by atoms with E-state index in [4.69, 9.17) is 5.73 Å². The smallest absolute Gasteiger partial charge is 0.248 e. The second-order valence-corrected chi connectivity index (χ2v) is 3.77. The molecule has 4 nitrogen and oxygen atoms in total. The summed E-state index contributed by atoms with van der Waals surface area (Å²) >= 11 is 0. The Labute approximate surface area is 97.9 Å². The van der Waals surface area contributed by atoms with Gasteiger partial charge in [0.2, 0.25) is 5.91 Å². The number of benzene rings is 1. The summed E-state index contributed by atoms with van der Waals surface area (Å²) in [6.07, 6.45) is 3.43. The number of carbonyl (C=O) groups excluding carboxylic acids is 1. The van der Waals surface area contributed by atoms with E-state index in [9.17, 15) is 9.18 Å². The zero-order chi connectivity index (χ0) is 12.4. The van der Waals surface area contributed by atoms with Gasteiger partial charge in [-0.2, -0.15) is 0 Å². The summed E-state index contributed by atoms with van der Waals surface area (Å²) < 4.78 is 15.5. The van der Waals surface area contributed by atoms with Crippen LogP contribution in [0.5, 0.6) is 0 Å². The first-order valence-corrected chi connectivity index (χ1v) is 5.14. The van der Waals surface area contributed by atoms with Crippen molar-refractivity contribution in [3.05, 3.63) is 53.4 Å². The number of aromatic nitrogens is 2. The molecule has 5 heteroatoms. The van der Waals surface area contributed by atoms with Crippen molar-refractivity contribution < 1.29 is 9.18 Å². The van der Waals surface area contributed by atoms with Gasteiger partial charge in [-0.1, -0.05) is 6.07 Å². The average molecular weight is 233 g/mol. The average Bonchev–Trinajstić information content (AvgIpc) is 2.67. The lowest BCUT2D eigenvalue weighted by molar-refractivity contribution is 0.1000. The molecule has 2 N–H and O–H groups in total. The molecule has 0 aliphatic rings. The largest absolute Gasteiger partial charge is 0.366 e. The fourth-order valence-corrected chi connectivity index (χ4v) is 1.58. The van der Waals surface area contributed by atoms with Crippen molar-refractivity contribution in [2.75, 3.05) is 0 Å². The molecule has 88 valence electrons. The summed E-state index contributed by atoms with van der Waals surface area (Å²) in [7, 11) is 0. The van der Waals surface area contributed by atoms with Gasteiger partial charge in [-0.3, -0.25) is 4.79 Å². The van der Waals surface area contributed by atoms with Crippen LogP contribution in [0.2, 0.25) is 0 Å². The van der Waals surface area contributed by atoms with E-state index in [0.717, 1.165) is 11.9 Å². The van der Waals surface area contributed by atoms with Gasteiger partial charge in [0.15, 0.2) is 0 Å². The molecule has 0 aliphatic heterocycles. The van der Waals surface area contributed by atoms with E-state index in [1.165, 1.54) is 6.07 Å². The highest BCUT2D eigenvalue weighted by Gasteiger charge is 2.08. The summed E-state index contributed by atoms with van der Waals surface area (Å²) in [6, 6.07) is 4.24. The second-order valence-electron chi connectivity index (χ2n) is 3.77. The monoisotopic (exact) mass is 233 g/mol. The Hall–Kier alpha value is -2.17. The fourth-order valence-electron chi connectivity index (χ4n) is 1.58. The van der Waals surface area contributed by atoms with E-state index in [-0.39, 0.29) is 5.56 Å². The highest BCUT2D eigenvalue weighted by atomic mass is 19.1. The fraction of sp³-hybridized carbons (Fsp3) is 0.167. The Kier molecular flexibility index (Phi) is 2.91. The topological polar surface area (TPSA) is 60.9 Å². The lowest BCUT2D eigenvalue weighted by atomic mass is 10.1. The minimum absolute atomic E-state index is 0.175. The number of imidazole rings is 1. The standard InChI is InChI=1S/C12H12FN3O/c1-8-15-4-5-16(8)7-10-3-2-9(12(14)17)6-11(10)13/h2-6H,7H2,1H3,(H2,14,17). The number of nitrogens with two attached hydrogens (primary N) is 1. The van der Waals surface area contributed by atoms with Gasteiger partial charge in [-0.05, 0) is 19.1 Å². The SMILES string of the molecule is Cc1nccn1Cc1ccc(C(N)=O)cc1F. The van der Waals surface area contributed by atoms with Gasteiger partial charge in [-0.15, -0.1) is 0 Å². The van der Waals surface area contributed by atoms with Crippen LogP contribution in [0.15, 0.2) is 30.6 Å². The number of carbonyl (C=O) groups is 1. The Morgan fingerprint density at radius 3 is 2.82 bits per heavy atom. The van der Waals surface area contributed by atoms with Crippen molar-refractivity contribution in [1.29, 1.82) is 0 Å². The van der Waals surface area contributed by atoms with Crippen LogP contribution >= 0.6 is 0 Å². The lowest BCUT2D eigenvalue weighted by Crippen LogP contribution is -2.12. The van der Waals surface area contributed by atoms with Crippen LogP contribution in [0.3, 0.4) is 0 Å².